The SMILES string of the molecule is CCC(C)(O)COc1c(/C(C)=N/O)ccc2ccccc12. The molecule has 0 amide bonds. The van der Waals surface area contributed by atoms with E-state index in [2.05, 4.69) is 5.16 Å². The molecule has 0 bridgehead atoms. The van der Waals surface area contributed by atoms with E-state index in [1.807, 2.05) is 43.3 Å². The van der Waals surface area contributed by atoms with Gasteiger partial charge in [0.05, 0.1) is 11.3 Å². The van der Waals surface area contributed by atoms with E-state index in [9.17, 15) is 5.11 Å². The Labute approximate surface area is 124 Å². The van der Waals surface area contributed by atoms with Crippen molar-refractivity contribution < 1.29 is 15.1 Å². The van der Waals surface area contributed by atoms with Crippen molar-refractivity contribution in [3.8, 4) is 5.75 Å². The monoisotopic (exact) mass is 287 g/mol. The lowest BCUT2D eigenvalue weighted by molar-refractivity contribution is 0.00891. The third kappa shape index (κ3) is 3.34. The molecule has 0 saturated heterocycles. The van der Waals surface area contributed by atoms with Gasteiger partial charge in [-0.1, -0.05) is 42.4 Å². The molecule has 0 spiro atoms. The normalized spacial score (nSPS) is 15.0. The van der Waals surface area contributed by atoms with Crippen molar-refractivity contribution in [1.82, 2.24) is 0 Å². The zero-order valence-corrected chi connectivity index (χ0v) is 12.6. The van der Waals surface area contributed by atoms with E-state index in [0.717, 1.165) is 16.3 Å². The summed E-state index contributed by atoms with van der Waals surface area (Å²) in [6.07, 6.45) is 0.597. The van der Waals surface area contributed by atoms with Gasteiger partial charge >= 0.3 is 0 Å². The third-order valence-electron chi connectivity index (χ3n) is 3.71. The highest BCUT2D eigenvalue weighted by Gasteiger charge is 2.20. The summed E-state index contributed by atoms with van der Waals surface area (Å²) < 4.78 is 5.89. The molecule has 2 aromatic carbocycles. The summed E-state index contributed by atoms with van der Waals surface area (Å²) in [5, 5.41) is 24.4. The molecule has 2 aromatic rings. The van der Waals surface area contributed by atoms with E-state index in [0.29, 0.717) is 17.9 Å². The molecule has 2 N–H and O–H groups in total. The van der Waals surface area contributed by atoms with E-state index >= 15 is 0 Å². The Bertz CT molecular complexity index is 662. The predicted molar refractivity (Wildman–Crippen MR) is 84.4 cm³/mol. The molecule has 112 valence electrons. The third-order valence-corrected chi connectivity index (χ3v) is 3.71. The van der Waals surface area contributed by atoms with Gasteiger partial charge in [-0.3, -0.25) is 0 Å². The van der Waals surface area contributed by atoms with Crippen molar-refractivity contribution in [2.24, 2.45) is 5.16 Å². The molecular formula is C17H21NO3. The van der Waals surface area contributed by atoms with Crippen LogP contribution in [-0.4, -0.2) is 28.2 Å². The van der Waals surface area contributed by atoms with Crippen molar-refractivity contribution in [3.63, 3.8) is 0 Å². The summed E-state index contributed by atoms with van der Waals surface area (Å²) in [7, 11) is 0. The average molecular weight is 287 g/mol. The number of oxime groups is 1. The molecule has 4 nitrogen and oxygen atoms in total. The van der Waals surface area contributed by atoms with E-state index in [1.165, 1.54) is 0 Å². The summed E-state index contributed by atoms with van der Waals surface area (Å²) in [6.45, 7) is 5.55. The molecule has 0 fully saturated rings. The summed E-state index contributed by atoms with van der Waals surface area (Å²) >= 11 is 0. The number of hydrogen-bond donors (Lipinski definition) is 2. The summed E-state index contributed by atoms with van der Waals surface area (Å²) in [4.78, 5) is 0. The van der Waals surface area contributed by atoms with Crippen LogP contribution in [0.2, 0.25) is 0 Å². The standard InChI is InChI=1S/C17H21NO3/c1-4-17(3,19)11-21-16-14(12(2)18-20)10-9-13-7-5-6-8-15(13)16/h5-10,19-20H,4,11H2,1-3H3/b18-12+. The average Bonchev–Trinajstić information content (AvgIpc) is 2.51. The Morgan fingerprint density at radius 1 is 1.24 bits per heavy atom. The van der Waals surface area contributed by atoms with E-state index in [-0.39, 0.29) is 6.61 Å². The van der Waals surface area contributed by atoms with Crippen molar-refractivity contribution in [2.75, 3.05) is 6.61 Å². The Balaban J connectivity index is 2.51. The van der Waals surface area contributed by atoms with Crippen LogP contribution in [0.5, 0.6) is 5.75 Å². The molecule has 0 radical (unpaired) electrons. The first-order chi connectivity index (χ1) is 9.98. The van der Waals surface area contributed by atoms with Gasteiger partial charge in [-0.2, -0.15) is 0 Å². The highest BCUT2D eigenvalue weighted by molar-refractivity contribution is 6.06. The number of aliphatic hydroxyl groups is 1. The predicted octanol–water partition coefficient (Wildman–Crippen LogP) is 3.58. The molecule has 0 heterocycles. The molecule has 1 atom stereocenters. The minimum Gasteiger partial charge on any atom is -0.489 e. The second kappa shape index (κ2) is 6.14. The zero-order chi connectivity index (χ0) is 15.5. The molecule has 0 aliphatic heterocycles. The molecular weight excluding hydrogens is 266 g/mol. The van der Waals surface area contributed by atoms with Crippen LogP contribution in [0.15, 0.2) is 41.6 Å². The number of rotatable bonds is 5. The Kier molecular flexibility index (Phi) is 4.48. The van der Waals surface area contributed by atoms with Crippen LogP contribution >= 0.6 is 0 Å². The van der Waals surface area contributed by atoms with Crippen LogP contribution in [0.25, 0.3) is 10.8 Å². The molecule has 0 aliphatic rings. The van der Waals surface area contributed by atoms with Crippen molar-refractivity contribution >= 4 is 16.5 Å². The van der Waals surface area contributed by atoms with E-state index in [4.69, 9.17) is 9.94 Å². The Morgan fingerprint density at radius 2 is 1.95 bits per heavy atom. The number of ether oxygens (including phenoxy) is 1. The van der Waals surface area contributed by atoms with Gasteiger partial charge in [0.1, 0.15) is 12.4 Å². The van der Waals surface area contributed by atoms with Crippen LogP contribution in [-0.2, 0) is 0 Å². The van der Waals surface area contributed by atoms with Gasteiger partial charge in [0, 0.05) is 10.9 Å². The maximum atomic E-state index is 10.1. The van der Waals surface area contributed by atoms with Crippen molar-refractivity contribution in [2.45, 2.75) is 32.8 Å². The summed E-state index contributed by atoms with van der Waals surface area (Å²) in [5.74, 6) is 0.636. The van der Waals surface area contributed by atoms with Gasteiger partial charge in [-0.05, 0) is 31.7 Å². The van der Waals surface area contributed by atoms with Crippen LogP contribution in [0.3, 0.4) is 0 Å². The van der Waals surface area contributed by atoms with E-state index < -0.39 is 5.60 Å². The highest BCUT2D eigenvalue weighted by atomic mass is 16.5. The van der Waals surface area contributed by atoms with E-state index in [1.54, 1.807) is 13.8 Å². The second-order valence-corrected chi connectivity index (χ2v) is 5.49. The highest BCUT2D eigenvalue weighted by Crippen LogP contribution is 2.31. The molecule has 21 heavy (non-hydrogen) atoms. The van der Waals surface area contributed by atoms with Crippen molar-refractivity contribution in [3.05, 3.63) is 42.0 Å². The fraction of sp³-hybridized carbons (Fsp3) is 0.353. The lowest BCUT2D eigenvalue weighted by atomic mass is 10.0. The van der Waals surface area contributed by atoms with Gasteiger partial charge in [0.2, 0.25) is 0 Å². The fourth-order valence-electron chi connectivity index (χ4n) is 2.07. The van der Waals surface area contributed by atoms with Gasteiger partial charge in [0.15, 0.2) is 0 Å². The lowest BCUT2D eigenvalue weighted by Gasteiger charge is -2.23. The number of fused-ring (bicyclic) bond motifs is 1. The number of nitrogens with zero attached hydrogens (tertiary/aromatic N) is 1. The lowest BCUT2D eigenvalue weighted by Crippen LogP contribution is -2.31. The number of hydrogen-bond acceptors (Lipinski definition) is 4. The zero-order valence-electron chi connectivity index (χ0n) is 12.6. The minimum atomic E-state index is -0.890. The van der Waals surface area contributed by atoms with Gasteiger partial charge in [-0.15, -0.1) is 0 Å². The summed E-state index contributed by atoms with van der Waals surface area (Å²) in [6, 6.07) is 11.7. The first-order valence-electron chi connectivity index (χ1n) is 7.04. The van der Waals surface area contributed by atoms with Gasteiger partial charge in [0.25, 0.3) is 0 Å². The minimum absolute atomic E-state index is 0.184. The smallest absolute Gasteiger partial charge is 0.136 e. The maximum absolute atomic E-state index is 10.1. The van der Waals surface area contributed by atoms with Crippen LogP contribution in [0, 0.1) is 0 Å². The van der Waals surface area contributed by atoms with Crippen LogP contribution in [0.4, 0.5) is 0 Å². The van der Waals surface area contributed by atoms with Crippen molar-refractivity contribution in [1.29, 1.82) is 0 Å². The molecule has 0 aliphatic carbocycles. The Hall–Kier alpha value is -2.07. The van der Waals surface area contributed by atoms with Gasteiger partial charge < -0.3 is 15.1 Å². The largest absolute Gasteiger partial charge is 0.489 e. The topological polar surface area (TPSA) is 62.0 Å². The second-order valence-electron chi connectivity index (χ2n) is 5.49. The first kappa shape index (κ1) is 15.3. The van der Waals surface area contributed by atoms with Crippen LogP contribution < -0.4 is 4.74 Å². The molecule has 1 unspecified atom stereocenters. The summed E-state index contributed by atoms with van der Waals surface area (Å²) in [5.41, 5.74) is 0.313. The molecule has 2 rings (SSSR count). The molecule has 0 saturated carbocycles. The maximum Gasteiger partial charge on any atom is 0.136 e. The molecule has 0 aromatic heterocycles. The molecule has 4 heteroatoms. The quantitative estimate of drug-likeness (QED) is 0.502. The first-order valence-corrected chi connectivity index (χ1v) is 7.04. The van der Waals surface area contributed by atoms with Crippen LogP contribution in [0.1, 0.15) is 32.8 Å². The fourth-order valence-corrected chi connectivity index (χ4v) is 2.07. The Morgan fingerprint density at radius 3 is 2.62 bits per heavy atom. The van der Waals surface area contributed by atoms with Gasteiger partial charge in [-0.25, -0.2) is 0 Å². The number of benzene rings is 2.